The molecule has 0 aliphatic heterocycles. The maximum atomic E-state index is 11.4. The molecule has 0 spiro atoms. The van der Waals surface area contributed by atoms with Crippen LogP contribution in [0.25, 0.3) is 0 Å². The first-order valence-corrected chi connectivity index (χ1v) is 6.82. The van der Waals surface area contributed by atoms with Crippen LogP contribution in [0.1, 0.15) is 40.5 Å². The van der Waals surface area contributed by atoms with Gasteiger partial charge in [-0.15, -0.1) is 0 Å². The summed E-state index contributed by atoms with van der Waals surface area (Å²) in [6.07, 6.45) is 3.08. The molecule has 0 aliphatic rings. The van der Waals surface area contributed by atoms with Crippen LogP contribution < -0.4 is 10.2 Å². The zero-order valence-corrected chi connectivity index (χ0v) is 12.8. The molecule has 0 aliphatic carbocycles. The lowest BCUT2D eigenvalue weighted by molar-refractivity contribution is -0.383. The molecule has 0 amide bonds. The molecule has 1 aromatic rings. The summed E-state index contributed by atoms with van der Waals surface area (Å²) in [4.78, 5) is 20.9. The maximum absolute atomic E-state index is 11.4. The molecular weight excluding hydrogens is 258 g/mol. The van der Waals surface area contributed by atoms with Crippen LogP contribution in [0, 0.1) is 10.1 Å². The van der Waals surface area contributed by atoms with Crippen molar-refractivity contribution in [3.63, 3.8) is 0 Å². The number of nitrogens with one attached hydrogen (secondary N) is 1. The van der Waals surface area contributed by atoms with Crippen LogP contribution in [0.3, 0.4) is 0 Å². The number of rotatable bonds is 7. The highest BCUT2D eigenvalue weighted by Gasteiger charge is 2.31. The first kappa shape index (κ1) is 16.1. The molecule has 0 atom stereocenters. The van der Waals surface area contributed by atoms with Gasteiger partial charge in [0.15, 0.2) is 0 Å². The number of nitrogens with zero attached hydrogens (tertiary/aromatic N) is 4. The second-order valence-electron chi connectivity index (χ2n) is 5.30. The Morgan fingerprint density at radius 3 is 2.55 bits per heavy atom. The topological polar surface area (TPSA) is 84.2 Å². The number of aromatic nitrogens is 2. The lowest BCUT2D eigenvalue weighted by Crippen LogP contribution is -2.41. The summed E-state index contributed by atoms with van der Waals surface area (Å²) in [6.45, 7) is 8.72. The van der Waals surface area contributed by atoms with Crippen molar-refractivity contribution in [2.24, 2.45) is 0 Å². The Morgan fingerprint density at radius 1 is 1.40 bits per heavy atom. The van der Waals surface area contributed by atoms with Gasteiger partial charge < -0.3 is 10.2 Å². The van der Waals surface area contributed by atoms with Crippen molar-refractivity contribution in [2.45, 2.75) is 46.1 Å². The SMILES string of the molecule is CCCNc1ncnc(N(C)C(C)(C)CC)c1[N+](=O)[O-]. The van der Waals surface area contributed by atoms with Crippen molar-refractivity contribution in [1.82, 2.24) is 9.97 Å². The van der Waals surface area contributed by atoms with Crippen LogP contribution in [-0.4, -0.2) is 34.0 Å². The van der Waals surface area contributed by atoms with Crippen molar-refractivity contribution in [1.29, 1.82) is 0 Å². The van der Waals surface area contributed by atoms with Gasteiger partial charge in [0.2, 0.25) is 11.6 Å². The Balaban J connectivity index is 3.29. The summed E-state index contributed by atoms with van der Waals surface area (Å²) >= 11 is 0. The fourth-order valence-electron chi connectivity index (χ4n) is 1.68. The normalized spacial score (nSPS) is 11.2. The number of hydrogen-bond donors (Lipinski definition) is 1. The maximum Gasteiger partial charge on any atom is 0.353 e. The molecule has 7 nitrogen and oxygen atoms in total. The lowest BCUT2D eigenvalue weighted by atomic mass is 10.00. The van der Waals surface area contributed by atoms with E-state index >= 15 is 0 Å². The van der Waals surface area contributed by atoms with E-state index < -0.39 is 4.92 Å². The fourth-order valence-corrected chi connectivity index (χ4v) is 1.68. The van der Waals surface area contributed by atoms with E-state index in [9.17, 15) is 10.1 Å². The Hall–Kier alpha value is -1.92. The summed E-state index contributed by atoms with van der Waals surface area (Å²) < 4.78 is 0. The predicted octanol–water partition coefficient (Wildman–Crippen LogP) is 2.83. The Bertz CT molecular complexity index is 476. The van der Waals surface area contributed by atoms with Gasteiger partial charge in [0, 0.05) is 19.1 Å². The molecule has 0 bridgehead atoms. The zero-order valence-electron chi connectivity index (χ0n) is 12.8. The van der Waals surface area contributed by atoms with Crippen molar-refractivity contribution in [2.75, 3.05) is 23.8 Å². The third-order valence-corrected chi connectivity index (χ3v) is 3.62. The predicted molar refractivity (Wildman–Crippen MR) is 80.2 cm³/mol. The lowest BCUT2D eigenvalue weighted by Gasteiger charge is -2.35. The second-order valence-corrected chi connectivity index (χ2v) is 5.30. The summed E-state index contributed by atoms with van der Waals surface area (Å²) in [5.74, 6) is 0.621. The van der Waals surface area contributed by atoms with Crippen LogP contribution in [-0.2, 0) is 0 Å². The van der Waals surface area contributed by atoms with E-state index in [2.05, 4.69) is 15.3 Å². The summed E-state index contributed by atoms with van der Waals surface area (Å²) in [6, 6.07) is 0. The summed E-state index contributed by atoms with van der Waals surface area (Å²) in [7, 11) is 1.82. The van der Waals surface area contributed by atoms with Gasteiger partial charge in [-0.2, -0.15) is 0 Å². The molecule has 1 aromatic heterocycles. The molecule has 1 N–H and O–H groups in total. The molecule has 1 rings (SSSR count). The minimum atomic E-state index is -0.421. The molecule has 0 saturated carbocycles. The smallest absolute Gasteiger partial charge is 0.353 e. The van der Waals surface area contributed by atoms with E-state index in [1.165, 1.54) is 6.33 Å². The van der Waals surface area contributed by atoms with Crippen molar-refractivity contribution >= 4 is 17.3 Å². The molecule has 0 saturated heterocycles. The Morgan fingerprint density at radius 2 is 2.05 bits per heavy atom. The Kier molecular flexibility index (Phi) is 5.24. The number of nitro groups is 1. The minimum absolute atomic E-state index is 0.0648. The molecule has 0 radical (unpaired) electrons. The highest BCUT2D eigenvalue weighted by atomic mass is 16.6. The average molecular weight is 281 g/mol. The minimum Gasteiger partial charge on any atom is -0.364 e. The highest BCUT2D eigenvalue weighted by Crippen LogP contribution is 2.34. The van der Waals surface area contributed by atoms with E-state index in [-0.39, 0.29) is 17.0 Å². The standard InChI is InChI=1S/C13H23N5O2/c1-6-8-14-11-10(18(19)20)12(16-9-15-11)17(5)13(3,4)7-2/h9H,6-8H2,1-5H3,(H,14,15,16). The summed E-state index contributed by atoms with van der Waals surface area (Å²) in [5, 5.41) is 14.4. The van der Waals surface area contributed by atoms with Crippen molar-refractivity contribution in [3.05, 3.63) is 16.4 Å². The largest absolute Gasteiger partial charge is 0.364 e. The quantitative estimate of drug-likeness (QED) is 0.611. The van der Waals surface area contributed by atoms with E-state index in [0.29, 0.717) is 12.4 Å². The molecule has 1 heterocycles. The zero-order chi connectivity index (χ0) is 15.3. The third kappa shape index (κ3) is 3.34. The molecule has 112 valence electrons. The van der Waals surface area contributed by atoms with E-state index in [1.54, 1.807) is 0 Å². The molecule has 0 aromatic carbocycles. The number of anilines is 2. The van der Waals surface area contributed by atoms with Gasteiger partial charge >= 0.3 is 5.69 Å². The van der Waals surface area contributed by atoms with Gasteiger partial charge in [-0.05, 0) is 26.7 Å². The number of hydrogen-bond acceptors (Lipinski definition) is 6. The van der Waals surface area contributed by atoms with Gasteiger partial charge in [0.05, 0.1) is 4.92 Å². The average Bonchev–Trinajstić information content (AvgIpc) is 2.43. The van der Waals surface area contributed by atoms with Crippen LogP contribution in [0.4, 0.5) is 17.3 Å². The third-order valence-electron chi connectivity index (χ3n) is 3.62. The van der Waals surface area contributed by atoms with E-state index in [4.69, 9.17) is 0 Å². The van der Waals surface area contributed by atoms with Gasteiger partial charge in [0.25, 0.3) is 0 Å². The second kappa shape index (κ2) is 6.49. The van der Waals surface area contributed by atoms with E-state index in [0.717, 1.165) is 12.8 Å². The van der Waals surface area contributed by atoms with Crippen LogP contribution in [0.5, 0.6) is 0 Å². The molecule has 20 heavy (non-hydrogen) atoms. The molecular formula is C13H23N5O2. The van der Waals surface area contributed by atoms with Crippen molar-refractivity contribution in [3.8, 4) is 0 Å². The molecule has 0 unspecified atom stereocenters. The van der Waals surface area contributed by atoms with E-state index in [1.807, 2.05) is 39.6 Å². The highest BCUT2D eigenvalue weighted by molar-refractivity contribution is 5.70. The Labute approximate surface area is 119 Å². The monoisotopic (exact) mass is 281 g/mol. The van der Waals surface area contributed by atoms with Gasteiger partial charge in [-0.25, -0.2) is 9.97 Å². The van der Waals surface area contributed by atoms with Crippen LogP contribution >= 0.6 is 0 Å². The van der Waals surface area contributed by atoms with Crippen LogP contribution in [0.15, 0.2) is 6.33 Å². The van der Waals surface area contributed by atoms with Crippen LogP contribution in [0.2, 0.25) is 0 Å². The first-order valence-electron chi connectivity index (χ1n) is 6.82. The summed E-state index contributed by atoms with van der Waals surface area (Å²) in [5.41, 5.74) is -0.286. The first-order chi connectivity index (χ1) is 9.35. The molecule has 0 fully saturated rings. The van der Waals surface area contributed by atoms with Gasteiger partial charge in [-0.3, -0.25) is 10.1 Å². The van der Waals surface area contributed by atoms with Gasteiger partial charge in [-0.1, -0.05) is 13.8 Å². The van der Waals surface area contributed by atoms with Crippen molar-refractivity contribution < 1.29 is 4.92 Å². The molecule has 7 heteroatoms. The van der Waals surface area contributed by atoms with Gasteiger partial charge in [0.1, 0.15) is 6.33 Å². The fraction of sp³-hybridized carbons (Fsp3) is 0.692.